The predicted octanol–water partition coefficient (Wildman–Crippen LogP) is 0.684. The van der Waals surface area contributed by atoms with Gasteiger partial charge in [-0.3, -0.25) is 0 Å². The summed E-state index contributed by atoms with van der Waals surface area (Å²) in [6.45, 7) is 6.60. The second-order valence-corrected chi connectivity index (χ2v) is 4.29. The van der Waals surface area contributed by atoms with E-state index in [-0.39, 0.29) is 6.09 Å². The van der Waals surface area contributed by atoms with Crippen molar-refractivity contribution in [2.75, 3.05) is 32.8 Å². The Morgan fingerprint density at radius 3 is 3.14 bits per heavy atom. The molecule has 1 N–H and O–H groups in total. The third kappa shape index (κ3) is 2.00. The second-order valence-electron chi connectivity index (χ2n) is 4.29. The largest absolute Gasteiger partial charge is 0.448 e. The number of hydrogen-bond donors (Lipinski definition) is 1. The molecule has 0 bridgehead atoms. The summed E-state index contributed by atoms with van der Waals surface area (Å²) in [4.78, 5) is 13.1. The number of ether oxygens (including phenoxy) is 1. The fraction of sp³-hybridized carbons (Fsp3) is 0.900. The lowest BCUT2D eigenvalue weighted by Crippen LogP contribution is -2.42. The van der Waals surface area contributed by atoms with Crippen LogP contribution in [0.2, 0.25) is 0 Å². The van der Waals surface area contributed by atoms with Gasteiger partial charge < -0.3 is 15.0 Å². The molecule has 4 nitrogen and oxygen atoms in total. The van der Waals surface area contributed by atoms with Gasteiger partial charge in [0.25, 0.3) is 0 Å². The van der Waals surface area contributed by atoms with Gasteiger partial charge in [0, 0.05) is 6.54 Å². The van der Waals surface area contributed by atoms with Crippen LogP contribution in [-0.2, 0) is 4.74 Å². The van der Waals surface area contributed by atoms with E-state index in [1.54, 1.807) is 0 Å². The van der Waals surface area contributed by atoms with Crippen LogP contribution in [0.3, 0.4) is 0 Å². The lowest BCUT2D eigenvalue weighted by Gasteiger charge is -2.31. The fourth-order valence-corrected chi connectivity index (χ4v) is 2.17. The maximum Gasteiger partial charge on any atom is 0.409 e. The predicted molar refractivity (Wildman–Crippen MR) is 53.1 cm³/mol. The molecule has 2 atom stereocenters. The molecule has 2 saturated heterocycles. The van der Waals surface area contributed by atoms with Gasteiger partial charge in [-0.2, -0.15) is 0 Å². The van der Waals surface area contributed by atoms with Gasteiger partial charge in [0.05, 0.1) is 6.54 Å². The molecule has 0 radical (unpaired) electrons. The Kier molecular flexibility index (Phi) is 2.91. The number of carbonyl (C=O) groups excluding carboxylic acids is 1. The molecular weight excluding hydrogens is 180 g/mol. The highest BCUT2D eigenvalue weighted by molar-refractivity contribution is 5.69. The van der Waals surface area contributed by atoms with Crippen molar-refractivity contribution in [1.29, 1.82) is 0 Å². The number of nitrogens with one attached hydrogen (secondary N) is 1. The lowest BCUT2D eigenvalue weighted by molar-refractivity contribution is 0.145. The maximum atomic E-state index is 11.2. The van der Waals surface area contributed by atoms with Crippen LogP contribution in [0.1, 0.15) is 13.3 Å². The number of piperidine rings is 1. The van der Waals surface area contributed by atoms with Gasteiger partial charge in [-0.1, -0.05) is 6.92 Å². The first-order chi connectivity index (χ1) is 6.77. The summed E-state index contributed by atoms with van der Waals surface area (Å²) in [6, 6.07) is 0. The smallest absolute Gasteiger partial charge is 0.409 e. The monoisotopic (exact) mass is 198 g/mol. The van der Waals surface area contributed by atoms with Crippen LogP contribution in [0.5, 0.6) is 0 Å². The summed E-state index contributed by atoms with van der Waals surface area (Å²) < 4.78 is 4.91. The zero-order chi connectivity index (χ0) is 9.97. The highest BCUT2D eigenvalue weighted by atomic mass is 16.6. The quantitative estimate of drug-likeness (QED) is 0.709. The average molecular weight is 198 g/mol. The third-order valence-corrected chi connectivity index (χ3v) is 3.29. The van der Waals surface area contributed by atoms with Crippen molar-refractivity contribution in [3.63, 3.8) is 0 Å². The Morgan fingerprint density at radius 1 is 1.64 bits per heavy atom. The van der Waals surface area contributed by atoms with E-state index >= 15 is 0 Å². The summed E-state index contributed by atoms with van der Waals surface area (Å²) in [6.07, 6.45) is 1.08. The summed E-state index contributed by atoms with van der Waals surface area (Å²) >= 11 is 0. The van der Waals surface area contributed by atoms with E-state index in [1.807, 2.05) is 4.90 Å². The van der Waals surface area contributed by atoms with Crippen molar-refractivity contribution < 1.29 is 9.53 Å². The molecule has 0 aromatic heterocycles. The zero-order valence-electron chi connectivity index (χ0n) is 8.66. The molecule has 0 spiro atoms. The average Bonchev–Trinajstić information content (AvgIpc) is 2.56. The Bertz CT molecular complexity index is 220. The van der Waals surface area contributed by atoms with Crippen molar-refractivity contribution >= 4 is 6.09 Å². The molecule has 2 fully saturated rings. The van der Waals surface area contributed by atoms with Crippen LogP contribution >= 0.6 is 0 Å². The van der Waals surface area contributed by atoms with Gasteiger partial charge in [0.15, 0.2) is 0 Å². The third-order valence-electron chi connectivity index (χ3n) is 3.29. The molecule has 2 rings (SSSR count). The molecule has 1 amide bonds. The molecule has 2 aliphatic heterocycles. The number of rotatable bonds is 2. The van der Waals surface area contributed by atoms with Gasteiger partial charge in [-0.15, -0.1) is 0 Å². The van der Waals surface area contributed by atoms with Crippen molar-refractivity contribution in [2.45, 2.75) is 13.3 Å². The first-order valence-electron chi connectivity index (χ1n) is 5.40. The number of carbonyl (C=O) groups is 1. The van der Waals surface area contributed by atoms with Gasteiger partial charge in [-0.25, -0.2) is 4.79 Å². The van der Waals surface area contributed by atoms with Crippen molar-refractivity contribution in [3.8, 4) is 0 Å². The van der Waals surface area contributed by atoms with Crippen molar-refractivity contribution in [1.82, 2.24) is 10.2 Å². The molecule has 2 unspecified atom stereocenters. The van der Waals surface area contributed by atoms with Gasteiger partial charge in [0.1, 0.15) is 6.61 Å². The Labute approximate surface area is 84.6 Å². The molecule has 0 aromatic rings. The minimum Gasteiger partial charge on any atom is -0.448 e. The highest BCUT2D eigenvalue weighted by Crippen LogP contribution is 2.20. The van der Waals surface area contributed by atoms with E-state index < -0.39 is 0 Å². The number of amides is 1. The first kappa shape index (κ1) is 9.77. The summed E-state index contributed by atoms with van der Waals surface area (Å²) in [5.74, 6) is 1.30. The number of cyclic esters (lactones) is 1. The van der Waals surface area contributed by atoms with Crippen molar-refractivity contribution in [2.24, 2.45) is 11.8 Å². The van der Waals surface area contributed by atoms with E-state index in [9.17, 15) is 4.79 Å². The van der Waals surface area contributed by atoms with Gasteiger partial charge >= 0.3 is 6.09 Å². The molecular formula is C10H18N2O2. The van der Waals surface area contributed by atoms with Crippen LogP contribution in [-0.4, -0.2) is 43.8 Å². The maximum absolute atomic E-state index is 11.2. The van der Waals surface area contributed by atoms with Gasteiger partial charge in [0.2, 0.25) is 0 Å². The Hall–Kier alpha value is -0.770. The lowest BCUT2D eigenvalue weighted by atomic mass is 9.88. The van der Waals surface area contributed by atoms with Crippen LogP contribution in [0.4, 0.5) is 4.79 Å². The molecule has 4 heteroatoms. The highest BCUT2D eigenvalue weighted by Gasteiger charge is 2.28. The molecule has 80 valence electrons. The van der Waals surface area contributed by atoms with E-state index in [2.05, 4.69) is 12.2 Å². The summed E-state index contributed by atoms with van der Waals surface area (Å²) in [5, 5.41) is 3.38. The fourth-order valence-electron chi connectivity index (χ4n) is 2.17. The van der Waals surface area contributed by atoms with Crippen LogP contribution in [0.25, 0.3) is 0 Å². The Balaban J connectivity index is 1.86. The molecule has 2 aliphatic rings. The van der Waals surface area contributed by atoms with E-state index in [0.29, 0.717) is 18.4 Å². The number of hydrogen-bond acceptors (Lipinski definition) is 3. The van der Waals surface area contributed by atoms with E-state index in [0.717, 1.165) is 26.2 Å². The number of nitrogens with zero attached hydrogens (tertiary/aromatic N) is 1. The SMILES string of the molecule is CC1CCNCC1CN1CCOC1=O. The van der Waals surface area contributed by atoms with Crippen LogP contribution in [0.15, 0.2) is 0 Å². The first-order valence-corrected chi connectivity index (χ1v) is 5.40. The summed E-state index contributed by atoms with van der Waals surface area (Å²) in [7, 11) is 0. The molecule has 0 aliphatic carbocycles. The van der Waals surface area contributed by atoms with E-state index in [4.69, 9.17) is 4.74 Å². The normalized spacial score (nSPS) is 33.2. The standard InChI is InChI=1S/C10H18N2O2/c1-8-2-3-11-6-9(8)7-12-4-5-14-10(12)13/h8-9,11H,2-7H2,1H3. The minimum absolute atomic E-state index is 0.136. The van der Waals surface area contributed by atoms with Crippen LogP contribution in [0, 0.1) is 11.8 Å². The molecule has 14 heavy (non-hydrogen) atoms. The van der Waals surface area contributed by atoms with Crippen molar-refractivity contribution in [3.05, 3.63) is 0 Å². The van der Waals surface area contributed by atoms with Crippen LogP contribution < -0.4 is 5.32 Å². The summed E-state index contributed by atoms with van der Waals surface area (Å²) in [5.41, 5.74) is 0. The topological polar surface area (TPSA) is 41.6 Å². The van der Waals surface area contributed by atoms with Gasteiger partial charge in [-0.05, 0) is 31.3 Å². The molecule has 0 aromatic carbocycles. The minimum atomic E-state index is -0.136. The zero-order valence-corrected chi connectivity index (χ0v) is 8.66. The Morgan fingerprint density at radius 2 is 2.50 bits per heavy atom. The second kappa shape index (κ2) is 4.17. The van der Waals surface area contributed by atoms with E-state index in [1.165, 1.54) is 6.42 Å². The molecule has 0 saturated carbocycles. The molecule has 2 heterocycles.